The lowest BCUT2D eigenvalue weighted by atomic mass is 10.5. The Bertz CT molecular complexity index is 50.3. The number of hydrogen-bond acceptors (Lipinski definition) is 2. The topological polar surface area (TPSA) is 21.3 Å². The van der Waals surface area contributed by atoms with Crippen LogP contribution in [-0.2, 0) is 4.74 Å². The van der Waals surface area contributed by atoms with Crippen molar-refractivity contribution in [1.82, 2.24) is 5.32 Å². The van der Waals surface area contributed by atoms with Crippen LogP contribution in [-0.4, -0.2) is 26.3 Å². The number of likely N-dealkylation sites (N-methyl/N-ethyl adjacent to an activating group) is 1. The van der Waals surface area contributed by atoms with Gasteiger partial charge in [-0.15, -0.1) is 12.4 Å². The molecule has 0 aromatic carbocycles. The molecule has 0 rings (SSSR count). The zero-order valence-electron chi connectivity index (χ0n) is 6.31. The minimum absolute atomic E-state index is 0. The van der Waals surface area contributed by atoms with Crippen molar-refractivity contribution in [2.24, 2.45) is 0 Å². The summed E-state index contributed by atoms with van der Waals surface area (Å²) in [6.45, 7) is 5.83. The molecule has 0 aliphatic carbocycles. The van der Waals surface area contributed by atoms with Crippen LogP contribution in [0.25, 0.3) is 0 Å². The van der Waals surface area contributed by atoms with E-state index in [1.165, 1.54) is 0 Å². The Labute approximate surface area is 63.4 Å². The molecule has 0 atom stereocenters. The van der Waals surface area contributed by atoms with Crippen molar-refractivity contribution in [2.75, 3.05) is 20.2 Å². The first kappa shape index (κ1) is 11.9. The van der Waals surface area contributed by atoms with Gasteiger partial charge in [-0.25, -0.2) is 0 Å². The molecule has 9 heavy (non-hydrogen) atoms. The van der Waals surface area contributed by atoms with E-state index in [0.717, 1.165) is 13.2 Å². The maximum atomic E-state index is 5.22. The van der Waals surface area contributed by atoms with Gasteiger partial charge in [0.05, 0.1) is 12.7 Å². The van der Waals surface area contributed by atoms with Crippen LogP contribution in [0.15, 0.2) is 0 Å². The SMILES string of the molecule is CNCCOC(C)C.Cl. The molecule has 0 radical (unpaired) electrons. The van der Waals surface area contributed by atoms with Crippen LogP contribution < -0.4 is 5.32 Å². The summed E-state index contributed by atoms with van der Waals surface area (Å²) in [4.78, 5) is 0. The number of halogens is 1. The zero-order chi connectivity index (χ0) is 6.41. The first-order valence-corrected chi connectivity index (χ1v) is 3.03. The Kier molecular flexibility index (Phi) is 10.9. The van der Waals surface area contributed by atoms with Crippen molar-refractivity contribution in [1.29, 1.82) is 0 Å². The molecule has 0 aromatic heterocycles. The maximum absolute atomic E-state index is 5.22. The highest BCUT2D eigenvalue weighted by molar-refractivity contribution is 5.85. The summed E-state index contributed by atoms with van der Waals surface area (Å²) >= 11 is 0. The fourth-order valence-corrected chi connectivity index (χ4v) is 0.397. The standard InChI is InChI=1S/C6H15NO.ClH/c1-6(2)8-5-4-7-3;/h6-7H,4-5H2,1-3H3;1H. The van der Waals surface area contributed by atoms with Gasteiger partial charge in [0.15, 0.2) is 0 Å². The second-order valence-electron chi connectivity index (χ2n) is 2.02. The summed E-state index contributed by atoms with van der Waals surface area (Å²) in [5.74, 6) is 0. The monoisotopic (exact) mass is 153 g/mol. The van der Waals surface area contributed by atoms with Crippen LogP contribution in [0.3, 0.4) is 0 Å². The van der Waals surface area contributed by atoms with Gasteiger partial charge < -0.3 is 10.1 Å². The van der Waals surface area contributed by atoms with E-state index in [1.54, 1.807) is 0 Å². The lowest BCUT2D eigenvalue weighted by molar-refractivity contribution is 0.0818. The average Bonchev–Trinajstić information content (AvgIpc) is 1.66. The predicted octanol–water partition coefficient (Wildman–Crippen LogP) is 1.05. The van der Waals surface area contributed by atoms with Gasteiger partial charge in [0, 0.05) is 6.54 Å². The molecular formula is C6H16ClNO. The van der Waals surface area contributed by atoms with Gasteiger partial charge in [-0.2, -0.15) is 0 Å². The lowest BCUT2D eigenvalue weighted by Crippen LogP contribution is -2.16. The number of nitrogens with one attached hydrogen (secondary N) is 1. The van der Waals surface area contributed by atoms with Crippen molar-refractivity contribution in [3.63, 3.8) is 0 Å². The molecule has 0 saturated heterocycles. The van der Waals surface area contributed by atoms with Crippen molar-refractivity contribution < 1.29 is 4.74 Å². The summed E-state index contributed by atoms with van der Waals surface area (Å²) < 4.78 is 5.22. The molecule has 0 aliphatic rings. The Hall–Kier alpha value is 0.210. The van der Waals surface area contributed by atoms with Gasteiger partial charge in [0.1, 0.15) is 0 Å². The Morgan fingerprint density at radius 3 is 2.33 bits per heavy atom. The van der Waals surface area contributed by atoms with Gasteiger partial charge in [-0.3, -0.25) is 0 Å². The minimum atomic E-state index is 0. The molecule has 0 aromatic rings. The van der Waals surface area contributed by atoms with E-state index < -0.39 is 0 Å². The molecule has 0 heterocycles. The largest absolute Gasteiger partial charge is 0.377 e. The average molecular weight is 154 g/mol. The highest BCUT2D eigenvalue weighted by atomic mass is 35.5. The van der Waals surface area contributed by atoms with E-state index in [1.807, 2.05) is 20.9 Å². The summed E-state index contributed by atoms with van der Waals surface area (Å²) in [6, 6.07) is 0. The Morgan fingerprint density at radius 2 is 2.00 bits per heavy atom. The molecule has 0 unspecified atom stereocenters. The number of rotatable bonds is 4. The summed E-state index contributed by atoms with van der Waals surface area (Å²) in [5.41, 5.74) is 0. The van der Waals surface area contributed by atoms with Crippen molar-refractivity contribution in [3.05, 3.63) is 0 Å². The van der Waals surface area contributed by atoms with Gasteiger partial charge >= 0.3 is 0 Å². The molecule has 0 spiro atoms. The first-order chi connectivity index (χ1) is 3.77. The minimum Gasteiger partial charge on any atom is -0.377 e. The van der Waals surface area contributed by atoms with Gasteiger partial charge in [0.2, 0.25) is 0 Å². The summed E-state index contributed by atoms with van der Waals surface area (Å²) in [7, 11) is 1.92. The zero-order valence-corrected chi connectivity index (χ0v) is 7.12. The molecule has 3 heteroatoms. The molecule has 58 valence electrons. The van der Waals surface area contributed by atoms with Crippen molar-refractivity contribution >= 4 is 12.4 Å². The van der Waals surface area contributed by atoms with E-state index in [9.17, 15) is 0 Å². The number of hydrogen-bond donors (Lipinski definition) is 1. The predicted molar refractivity (Wildman–Crippen MR) is 42.3 cm³/mol. The van der Waals surface area contributed by atoms with Crippen LogP contribution in [0.5, 0.6) is 0 Å². The fraction of sp³-hybridized carbons (Fsp3) is 1.00. The Morgan fingerprint density at radius 1 is 1.44 bits per heavy atom. The molecule has 0 saturated carbocycles. The normalized spacial score (nSPS) is 9.33. The highest BCUT2D eigenvalue weighted by Crippen LogP contribution is 1.83. The van der Waals surface area contributed by atoms with Crippen LogP contribution >= 0.6 is 12.4 Å². The maximum Gasteiger partial charge on any atom is 0.0594 e. The van der Waals surface area contributed by atoms with E-state index in [2.05, 4.69) is 5.32 Å². The molecular weight excluding hydrogens is 138 g/mol. The summed E-state index contributed by atoms with van der Waals surface area (Å²) in [6.07, 6.45) is 0.364. The van der Waals surface area contributed by atoms with Gasteiger partial charge in [-0.1, -0.05) is 0 Å². The molecule has 0 fully saturated rings. The van der Waals surface area contributed by atoms with Crippen molar-refractivity contribution in [3.8, 4) is 0 Å². The third-order valence-electron chi connectivity index (χ3n) is 0.803. The van der Waals surface area contributed by atoms with Crippen LogP contribution in [0, 0.1) is 0 Å². The fourth-order valence-electron chi connectivity index (χ4n) is 0.397. The van der Waals surface area contributed by atoms with E-state index in [0.29, 0.717) is 6.10 Å². The quantitative estimate of drug-likeness (QED) is 0.610. The Balaban J connectivity index is 0. The van der Waals surface area contributed by atoms with Crippen LogP contribution in [0.4, 0.5) is 0 Å². The molecule has 0 aliphatic heterocycles. The highest BCUT2D eigenvalue weighted by Gasteiger charge is 1.88. The van der Waals surface area contributed by atoms with Gasteiger partial charge in [0.25, 0.3) is 0 Å². The van der Waals surface area contributed by atoms with Crippen LogP contribution in [0.1, 0.15) is 13.8 Å². The first-order valence-electron chi connectivity index (χ1n) is 3.03. The molecule has 1 N–H and O–H groups in total. The van der Waals surface area contributed by atoms with Crippen molar-refractivity contribution in [2.45, 2.75) is 20.0 Å². The van der Waals surface area contributed by atoms with E-state index >= 15 is 0 Å². The lowest BCUT2D eigenvalue weighted by Gasteiger charge is -2.05. The third-order valence-corrected chi connectivity index (χ3v) is 0.803. The molecule has 0 amide bonds. The van der Waals surface area contributed by atoms with Gasteiger partial charge in [-0.05, 0) is 20.9 Å². The number of ether oxygens (including phenoxy) is 1. The van der Waals surface area contributed by atoms with E-state index in [4.69, 9.17) is 4.74 Å². The second-order valence-corrected chi connectivity index (χ2v) is 2.02. The van der Waals surface area contributed by atoms with Crippen LogP contribution in [0.2, 0.25) is 0 Å². The second kappa shape index (κ2) is 8.21. The molecule has 2 nitrogen and oxygen atoms in total. The molecule has 0 bridgehead atoms. The third kappa shape index (κ3) is 11.7. The van der Waals surface area contributed by atoms with E-state index in [-0.39, 0.29) is 12.4 Å². The summed E-state index contributed by atoms with van der Waals surface area (Å²) in [5, 5.41) is 3.00. The smallest absolute Gasteiger partial charge is 0.0594 e.